The van der Waals surface area contributed by atoms with Gasteiger partial charge in [-0.1, -0.05) is 38.1 Å². The molecule has 3 rings (SSSR count). The van der Waals surface area contributed by atoms with Gasteiger partial charge < -0.3 is 20.7 Å². The van der Waals surface area contributed by atoms with E-state index in [2.05, 4.69) is 16.0 Å². The lowest BCUT2D eigenvalue weighted by Gasteiger charge is -2.23. The molecule has 2 aromatic rings. The number of hydrogen-bond donors (Lipinski definition) is 3. The smallest absolute Gasteiger partial charge is 0.254 e. The van der Waals surface area contributed by atoms with Gasteiger partial charge in [-0.05, 0) is 42.2 Å². The summed E-state index contributed by atoms with van der Waals surface area (Å²) >= 11 is 0. The van der Waals surface area contributed by atoms with Crippen molar-refractivity contribution in [2.24, 2.45) is 5.92 Å². The minimum atomic E-state index is -0.769. The van der Waals surface area contributed by atoms with E-state index in [0.717, 1.165) is 11.3 Å². The van der Waals surface area contributed by atoms with Crippen LogP contribution in [-0.2, 0) is 9.59 Å². The van der Waals surface area contributed by atoms with Gasteiger partial charge in [0.1, 0.15) is 11.8 Å². The molecule has 2 atom stereocenters. The lowest BCUT2D eigenvalue weighted by atomic mass is 9.95. The van der Waals surface area contributed by atoms with Crippen LogP contribution >= 0.6 is 0 Å². The van der Waals surface area contributed by atoms with Crippen LogP contribution in [0.15, 0.2) is 48.5 Å². The van der Waals surface area contributed by atoms with Crippen molar-refractivity contribution in [2.45, 2.75) is 38.8 Å². The highest BCUT2D eigenvalue weighted by atomic mass is 16.5. The van der Waals surface area contributed by atoms with Crippen molar-refractivity contribution in [1.82, 2.24) is 10.6 Å². The molecule has 0 radical (unpaired) electrons. The maximum absolute atomic E-state index is 12.6. The Kier molecular flexibility index (Phi) is 6.72. The summed E-state index contributed by atoms with van der Waals surface area (Å²) in [4.78, 5) is 37.5. The summed E-state index contributed by atoms with van der Waals surface area (Å²) in [6, 6.07) is 13.5. The average Bonchev–Trinajstić information content (AvgIpc) is 2.86. The van der Waals surface area contributed by atoms with Crippen LogP contribution in [0.3, 0.4) is 0 Å². The quantitative estimate of drug-likeness (QED) is 0.655. The number of carbonyl (C=O) groups is 3. The van der Waals surface area contributed by atoms with E-state index in [0.29, 0.717) is 11.3 Å². The Balaban J connectivity index is 1.61. The number of methoxy groups -OCH3 is 1. The molecule has 7 heteroatoms. The molecule has 2 aromatic carbocycles. The van der Waals surface area contributed by atoms with Gasteiger partial charge in [-0.3, -0.25) is 14.4 Å². The number of carbonyl (C=O) groups excluding carboxylic acids is 3. The Morgan fingerprint density at radius 2 is 1.80 bits per heavy atom. The summed E-state index contributed by atoms with van der Waals surface area (Å²) in [5, 5.41) is 8.52. The Labute approximate surface area is 176 Å². The number of amides is 3. The van der Waals surface area contributed by atoms with Crippen LogP contribution in [0.1, 0.15) is 48.7 Å². The second-order valence-corrected chi connectivity index (χ2v) is 7.66. The van der Waals surface area contributed by atoms with Gasteiger partial charge in [0.05, 0.1) is 24.4 Å². The van der Waals surface area contributed by atoms with E-state index in [1.54, 1.807) is 31.4 Å². The van der Waals surface area contributed by atoms with Crippen LogP contribution < -0.4 is 20.7 Å². The third kappa shape index (κ3) is 4.97. The first kappa shape index (κ1) is 21.4. The Morgan fingerprint density at radius 1 is 1.10 bits per heavy atom. The van der Waals surface area contributed by atoms with Gasteiger partial charge in [0.15, 0.2) is 0 Å². The summed E-state index contributed by atoms with van der Waals surface area (Å²) in [6.07, 6.45) is 0.332. The molecular weight excluding hydrogens is 382 g/mol. The van der Waals surface area contributed by atoms with Gasteiger partial charge in [-0.15, -0.1) is 0 Å². The van der Waals surface area contributed by atoms with Gasteiger partial charge in [0.2, 0.25) is 11.8 Å². The molecule has 0 fully saturated rings. The Bertz CT molecular complexity index is 924. The van der Waals surface area contributed by atoms with Crippen LogP contribution in [0.2, 0.25) is 0 Å². The molecule has 30 heavy (non-hydrogen) atoms. The van der Waals surface area contributed by atoms with Crippen LogP contribution in [-0.4, -0.2) is 30.9 Å². The first-order chi connectivity index (χ1) is 14.4. The van der Waals surface area contributed by atoms with Crippen LogP contribution in [0.25, 0.3) is 0 Å². The zero-order chi connectivity index (χ0) is 21.7. The molecule has 7 nitrogen and oxygen atoms in total. The summed E-state index contributed by atoms with van der Waals surface area (Å²) in [7, 11) is 1.61. The highest BCUT2D eigenvalue weighted by Crippen LogP contribution is 2.24. The summed E-state index contributed by atoms with van der Waals surface area (Å²) in [6.45, 7) is 4.07. The van der Waals surface area contributed by atoms with E-state index in [1.165, 1.54) is 0 Å². The fourth-order valence-corrected chi connectivity index (χ4v) is 3.48. The molecule has 3 N–H and O–H groups in total. The van der Waals surface area contributed by atoms with Crippen molar-refractivity contribution in [1.29, 1.82) is 0 Å². The lowest BCUT2D eigenvalue weighted by molar-refractivity contribution is -0.122. The molecule has 0 aromatic heterocycles. The second kappa shape index (κ2) is 9.43. The SMILES string of the molecule is COc1ccc(C(NC(=O)CC[C@@H]2NC(=O)c3ccccc3NC2=O)C(C)C)cc1. The highest BCUT2D eigenvalue weighted by molar-refractivity contribution is 6.09. The fraction of sp³-hybridized carbons (Fsp3) is 0.348. The lowest BCUT2D eigenvalue weighted by Crippen LogP contribution is -2.42. The van der Waals surface area contributed by atoms with Gasteiger partial charge in [0, 0.05) is 6.42 Å². The van der Waals surface area contributed by atoms with E-state index in [1.807, 2.05) is 38.1 Å². The van der Waals surface area contributed by atoms with Gasteiger partial charge >= 0.3 is 0 Å². The first-order valence-electron chi connectivity index (χ1n) is 10.0. The third-order valence-corrected chi connectivity index (χ3v) is 5.17. The number of anilines is 1. The van der Waals surface area contributed by atoms with Crippen molar-refractivity contribution < 1.29 is 19.1 Å². The molecule has 0 aliphatic carbocycles. The Morgan fingerprint density at radius 3 is 2.47 bits per heavy atom. The molecule has 3 amide bonds. The third-order valence-electron chi connectivity index (χ3n) is 5.17. The van der Waals surface area contributed by atoms with Crippen LogP contribution in [0, 0.1) is 5.92 Å². The molecule has 0 spiro atoms. The maximum Gasteiger partial charge on any atom is 0.254 e. The van der Waals surface area contributed by atoms with Gasteiger partial charge in [-0.25, -0.2) is 0 Å². The summed E-state index contributed by atoms with van der Waals surface area (Å²) in [5.74, 6) is 0.110. The molecule has 1 aliphatic heterocycles. The van der Waals surface area contributed by atoms with Crippen molar-refractivity contribution in [3.8, 4) is 5.75 Å². The van der Waals surface area contributed by atoms with Crippen molar-refractivity contribution in [3.05, 3.63) is 59.7 Å². The highest BCUT2D eigenvalue weighted by Gasteiger charge is 2.28. The van der Waals surface area contributed by atoms with Crippen LogP contribution in [0.5, 0.6) is 5.75 Å². The number of ether oxygens (including phenoxy) is 1. The van der Waals surface area contributed by atoms with Gasteiger partial charge in [-0.2, -0.15) is 0 Å². The molecule has 0 saturated carbocycles. The molecule has 1 heterocycles. The van der Waals surface area contributed by atoms with E-state index in [-0.39, 0.29) is 42.5 Å². The topological polar surface area (TPSA) is 96.5 Å². The number of benzene rings is 2. The fourth-order valence-electron chi connectivity index (χ4n) is 3.48. The minimum Gasteiger partial charge on any atom is -0.497 e. The number of hydrogen-bond acceptors (Lipinski definition) is 4. The summed E-state index contributed by atoms with van der Waals surface area (Å²) < 4.78 is 5.19. The number of fused-ring (bicyclic) bond motifs is 1. The molecule has 0 saturated heterocycles. The van der Waals surface area contributed by atoms with E-state index in [9.17, 15) is 14.4 Å². The zero-order valence-electron chi connectivity index (χ0n) is 17.4. The van der Waals surface area contributed by atoms with E-state index in [4.69, 9.17) is 4.74 Å². The predicted octanol–water partition coefficient (Wildman–Crippen LogP) is 3.04. The zero-order valence-corrected chi connectivity index (χ0v) is 17.4. The largest absolute Gasteiger partial charge is 0.497 e. The Hall–Kier alpha value is -3.35. The normalized spacial score (nSPS) is 16.7. The molecule has 1 unspecified atom stereocenters. The van der Waals surface area contributed by atoms with Gasteiger partial charge in [0.25, 0.3) is 5.91 Å². The molecular formula is C23H27N3O4. The number of nitrogens with one attached hydrogen (secondary N) is 3. The summed E-state index contributed by atoms with van der Waals surface area (Å²) in [5.41, 5.74) is 1.87. The molecule has 1 aliphatic rings. The predicted molar refractivity (Wildman–Crippen MR) is 114 cm³/mol. The first-order valence-corrected chi connectivity index (χ1v) is 10.0. The van der Waals surface area contributed by atoms with Crippen molar-refractivity contribution >= 4 is 23.4 Å². The van der Waals surface area contributed by atoms with Crippen molar-refractivity contribution in [3.63, 3.8) is 0 Å². The number of para-hydroxylation sites is 1. The molecule has 0 bridgehead atoms. The standard InChI is InChI=1S/C23H27N3O4/c1-14(2)21(15-8-10-16(30-3)11-9-15)26-20(27)13-12-19-23(29)24-18-7-5-4-6-17(18)22(28)25-19/h4-11,14,19,21H,12-13H2,1-3H3,(H,24,29)(H,25,28)(H,26,27)/t19-,21?/m0/s1. The molecule has 158 valence electrons. The number of rotatable bonds is 7. The van der Waals surface area contributed by atoms with Crippen molar-refractivity contribution in [2.75, 3.05) is 12.4 Å². The average molecular weight is 409 g/mol. The van der Waals surface area contributed by atoms with E-state index < -0.39 is 6.04 Å². The van der Waals surface area contributed by atoms with Crippen LogP contribution in [0.4, 0.5) is 5.69 Å². The monoisotopic (exact) mass is 409 g/mol. The van der Waals surface area contributed by atoms with E-state index >= 15 is 0 Å². The maximum atomic E-state index is 12.6. The minimum absolute atomic E-state index is 0.119. The second-order valence-electron chi connectivity index (χ2n) is 7.66.